The van der Waals surface area contributed by atoms with E-state index >= 15 is 4.39 Å². The van der Waals surface area contributed by atoms with Crippen LogP contribution < -0.4 is 21.3 Å². The average Bonchev–Trinajstić information content (AvgIpc) is 3.45. The van der Waals surface area contributed by atoms with Crippen molar-refractivity contribution in [1.29, 1.82) is 0 Å². The highest BCUT2D eigenvalue weighted by Gasteiger charge is 2.55. The van der Waals surface area contributed by atoms with Crippen molar-refractivity contribution in [3.63, 3.8) is 0 Å². The van der Waals surface area contributed by atoms with Gasteiger partial charge in [0.05, 0.1) is 28.5 Å². The molecule has 4 aromatic rings. The summed E-state index contributed by atoms with van der Waals surface area (Å²) in [6.07, 6.45) is 1.74. The molecule has 254 valence electrons. The zero-order valence-corrected chi connectivity index (χ0v) is 28.7. The summed E-state index contributed by atoms with van der Waals surface area (Å²) in [4.78, 5) is 58.5. The maximum absolute atomic E-state index is 15.5. The van der Waals surface area contributed by atoms with Crippen LogP contribution in [0.15, 0.2) is 46.0 Å². The van der Waals surface area contributed by atoms with Gasteiger partial charge in [-0.1, -0.05) is 41.4 Å². The molecule has 1 spiro atoms. The molecule has 0 radical (unpaired) electrons. The maximum Gasteiger partial charge on any atom is 0.346 e. The molecule has 12 nitrogen and oxygen atoms in total. The van der Waals surface area contributed by atoms with Gasteiger partial charge in [-0.2, -0.15) is 5.10 Å². The van der Waals surface area contributed by atoms with E-state index in [-0.39, 0.29) is 44.2 Å². The number of carbonyl (C=O) groups is 2. The zero-order chi connectivity index (χ0) is 34.9. The van der Waals surface area contributed by atoms with Crippen LogP contribution in [0.2, 0.25) is 10.0 Å². The molecular weight excluding hydrogens is 676 g/mol. The van der Waals surface area contributed by atoms with Gasteiger partial charge in [-0.3, -0.25) is 23.9 Å². The van der Waals surface area contributed by atoms with E-state index in [9.17, 15) is 19.2 Å². The number of benzene rings is 2. The summed E-state index contributed by atoms with van der Waals surface area (Å²) in [5.74, 6) is -0.999. The Balaban J connectivity index is 1.18. The number of amides is 2. The van der Waals surface area contributed by atoms with E-state index in [0.29, 0.717) is 17.1 Å². The van der Waals surface area contributed by atoms with Gasteiger partial charge in [0.25, 0.3) is 11.5 Å². The second-order valence-electron chi connectivity index (χ2n) is 12.9. The number of aryl methyl sites for hydroxylation is 2. The first-order valence-electron chi connectivity index (χ1n) is 15.6. The summed E-state index contributed by atoms with van der Waals surface area (Å²) in [7, 11) is 4.12. The molecule has 0 saturated carbocycles. The van der Waals surface area contributed by atoms with Crippen LogP contribution in [-0.2, 0) is 25.3 Å². The van der Waals surface area contributed by atoms with Gasteiger partial charge in [0.1, 0.15) is 5.82 Å². The second kappa shape index (κ2) is 12.1. The molecule has 49 heavy (non-hydrogen) atoms. The van der Waals surface area contributed by atoms with Crippen LogP contribution in [0.25, 0.3) is 22.4 Å². The fraction of sp³-hybridized carbons (Fsp3) is 0.353. The van der Waals surface area contributed by atoms with Crippen molar-refractivity contribution in [2.45, 2.75) is 25.8 Å². The molecule has 3 aliphatic rings. The number of nitrogens with one attached hydrogen (secondary N) is 1. The lowest BCUT2D eigenvalue weighted by Gasteiger charge is -2.61. The topological polar surface area (TPSA) is 132 Å². The molecule has 2 aromatic carbocycles. The predicted molar refractivity (Wildman–Crippen MR) is 182 cm³/mol. The Morgan fingerprint density at radius 3 is 2.45 bits per heavy atom. The number of aromatic nitrogens is 4. The third-order valence-electron chi connectivity index (χ3n) is 9.76. The number of nitrogens with zero attached hydrogens (tertiary/aromatic N) is 6. The van der Waals surface area contributed by atoms with Crippen molar-refractivity contribution < 1.29 is 18.7 Å². The first-order chi connectivity index (χ1) is 23.3. The summed E-state index contributed by atoms with van der Waals surface area (Å²) in [6.45, 7) is 5.05. The molecule has 15 heteroatoms. The number of hydrogen-bond donors (Lipinski definition) is 1. The number of halogens is 3. The van der Waals surface area contributed by atoms with Crippen molar-refractivity contribution in [2.75, 3.05) is 38.6 Å². The number of ether oxygens (including phenoxy) is 1. The van der Waals surface area contributed by atoms with Crippen LogP contribution in [0, 0.1) is 11.2 Å². The Morgan fingerprint density at radius 1 is 1.04 bits per heavy atom. The Labute approximate surface area is 290 Å². The summed E-state index contributed by atoms with van der Waals surface area (Å²) in [5.41, 5.74) is 1.49. The Bertz CT molecular complexity index is 2190. The van der Waals surface area contributed by atoms with Gasteiger partial charge in [0.15, 0.2) is 0 Å². The highest BCUT2D eigenvalue weighted by molar-refractivity contribution is 6.39. The molecule has 2 aromatic heterocycles. The fourth-order valence-electron chi connectivity index (χ4n) is 7.30. The van der Waals surface area contributed by atoms with Crippen LogP contribution in [-0.4, -0.2) is 74.2 Å². The molecule has 0 bridgehead atoms. The van der Waals surface area contributed by atoms with Gasteiger partial charge in [-0.15, -0.1) is 0 Å². The quantitative estimate of drug-likeness (QED) is 0.318. The van der Waals surface area contributed by atoms with Gasteiger partial charge in [-0.25, -0.2) is 18.9 Å². The third kappa shape index (κ3) is 5.40. The Morgan fingerprint density at radius 2 is 1.76 bits per heavy atom. The lowest BCUT2D eigenvalue weighted by molar-refractivity contribution is -0.161. The number of rotatable bonds is 6. The SMILES string of the molecule is COc1nc(-c2cccc(-c3c(F)ccc(NC(=O)c4nn(C)c(=O)n(C)c4=O)c3Cl)c2Cl)cc2c1C(N1CC3(CN(C(C)=O)C3)C1)CC2. The standard InChI is InChI=1S/C34H32Cl2FN7O5/c1-17(45)43-13-34(14-43)15-44(16-34)24-11-8-18-12-23(39-31(49-4)25(18)24)19-6-5-7-20(27(19)35)26-21(37)9-10-22(28(26)36)38-30(46)29-32(47)41(2)33(48)42(3)40-29/h5-7,9-10,12,24H,8,11,13-16H2,1-4H3,(H,38,46). The minimum atomic E-state index is -0.928. The highest BCUT2D eigenvalue weighted by Crippen LogP contribution is 2.50. The largest absolute Gasteiger partial charge is 0.481 e. The van der Waals surface area contributed by atoms with Crippen LogP contribution >= 0.6 is 23.2 Å². The van der Waals surface area contributed by atoms with Gasteiger partial charge in [0, 0.05) is 80.9 Å². The minimum Gasteiger partial charge on any atom is -0.481 e. The number of hydrogen-bond acceptors (Lipinski definition) is 8. The number of likely N-dealkylation sites (tertiary alicyclic amines) is 2. The maximum atomic E-state index is 15.5. The summed E-state index contributed by atoms with van der Waals surface area (Å²) >= 11 is 13.7. The number of pyridine rings is 1. The van der Waals surface area contributed by atoms with E-state index in [4.69, 9.17) is 32.9 Å². The third-order valence-corrected chi connectivity index (χ3v) is 10.6. The van der Waals surface area contributed by atoms with Crippen LogP contribution in [0.1, 0.15) is 41.0 Å². The minimum absolute atomic E-state index is 0.00860. The van der Waals surface area contributed by atoms with Crippen molar-refractivity contribution >= 4 is 40.7 Å². The molecule has 1 unspecified atom stereocenters. The molecule has 1 aliphatic carbocycles. The first kappa shape index (κ1) is 32.9. The monoisotopic (exact) mass is 707 g/mol. The van der Waals surface area contributed by atoms with Crippen LogP contribution in [0.4, 0.5) is 10.1 Å². The summed E-state index contributed by atoms with van der Waals surface area (Å²) in [6, 6.07) is 9.65. The molecule has 1 atom stereocenters. The van der Waals surface area contributed by atoms with Gasteiger partial charge >= 0.3 is 5.69 Å². The normalized spacial score (nSPS) is 17.8. The van der Waals surface area contributed by atoms with E-state index in [1.165, 1.54) is 20.2 Å². The fourth-order valence-corrected chi connectivity index (χ4v) is 7.92. The highest BCUT2D eigenvalue weighted by atomic mass is 35.5. The van der Waals surface area contributed by atoms with E-state index < -0.39 is 28.7 Å². The van der Waals surface area contributed by atoms with Crippen LogP contribution in [0.5, 0.6) is 5.88 Å². The summed E-state index contributed by atoms with van der Waals surface area (Å²) in [5, 5.41) is 6.33. The number of carbonyl (C=O) groups excluding carboxylic acids is 2. The lowest BCUT2D eigenvalue weighted by Crippen LogP contribution is -2.72. The predicted octanol–water partition coefficient (Wildman–Crippen LogP) is 4.07. The molecule has 7 rings (SSSR count). The van der Waals surface area contributed by atoms with Crippen molar-refractivity contribution in [2.24, 2.45) is 19.5 Å². The number of methoxy groups -OCH3 is 1. The van der Waals surface area contributed by atoms with Gasteiger partial charge in [0.2, 0.25) is 17.5 Å². The molecule has 2 fully saturated rings. The molecule has 2 aliphatic heterocycles. The van der Waals surface area contributed by atoms with Crippen molar-refractivity contribution in [3.05, 3.63) is 89.9 Å². The van der Waals surface area contributed by atoms with Crippen LogP contribution in [0.3, 0.4) is 0 Å². The molecular formula is C34H32Cl2FN7O5. The van der Waals surface area contributed by atoms with Gasteiger partial charge in [-0.05, 0) is 36.6 Å². The average molecular weight is 709 g/mol. The lowest BCUT2D eigenvalue weighted by atomic mass is 9.72. The smallest absolute Gasteiger partial charge is 0.346 e. The van der Waals surface area contributed by atoms with E-state index in [2.05, 4.69) is 15.3 Å². The van der Waals surface area contributed by atoms with Gasteiger partial charge < -0.3 is 15.0 Å². The van der Waals surface area contributed by atoms with E-state index in [1.54, 1.807) is 32.2 Å². The van der Waals surface area contributed by atoms with Crippen molar-refractivity contribution in [3.8, 4) is 28.3 Å². The van der Waals surface area contributed by atoms with Crippen molar-refractivity contribution in [1.82, 2.24) is 29.1 Å². The molecule has 4 heterocycles. The number of anilines is 1. The van der Waals surface area contributed by atoms with E-state index in [1.807, 2.05) is 11.0 Å². The zero-order valence-electron chi connectivity index (χ0n) is 27.1. The second-order valence-corrected chi connectivity index (χ2v) is 13.7. The summed E-state index contributed by atoms with van der Waals surface area (Å²) < 4.78 is 22.9. The Hall–Kier alpha value is -4.59. The molecule has 2 saturated heterocycles. The number of fused-ring (bicyclic) bond motifs is 1. The Kier molecular flexibility index (Phi) is 8.12. The molecule has 1 N–H and O–H groups in total. The first-order valence-corrected chi connectivity index (χ1v) is 16.4. The van der Waals surface area contributed by atoms with E-state index in [0.717, 1.165) is 65.5 Å². The molecule has 2 amide bonds.